The van der Waals surface area contributed by atoms with Crippen molar-refractivity contribution in [1.82, 2.24) is 34.1 Å². The van der Waals surface area contributed by atoms with Crippen molar-refractivity contribution in [3.63, 3.8) is 0 Å². The lowest BCUT2D eigenvalue weighted by Crippen LogP contribution is -2.32. The van der Waals surface area contributed by atoms with Crippen LogP contribution in [0, 0.1) is 0 Å². The van der Waals surface area contributed by atoms with Crippen LogP contribution in [0.4, 0.5) is 5.82 Å². The zero-order valence-electron chi connectivity index (χ0n) is 21.1. The van der Waals surface area contributed by atoms with Crippen molar-refractivity contribution in [2.45, 2.75) is 6.54 Å². The van der Waals surface area contributed by atoms with Crippen molar-refractivity contribution in [2.75, 3.05) is 24.1 Å². The lowest BCUT2D eigenvalue weighted by molar-refractivity contribution is 0.398. The van der Waals surface area contributed by atoms with E-state index in [1.807, 2.05) is 54.9 Å². The second-order valence-corrected chi connectivity index (χ2v) is 9.92. The standard InChI is InChI=1S/C27H23ClN8O2S/c1-38-22-9-8-17(12-29-22)19-13-30-25-23(19)26(32-15-31-25)34(16-39-2)14-21-33-35-11-10-20(28)24(35)27(37)36(21)18-6-4-3-5-7-18/h3-13,15H,14,16H2,1-2H3,(H,30,31,32). The minimum Gasteiger partial charge on any atom is -0.481 e. The molecule has 0 saturated heterocycles. The van der Waals surface area contributed by atoms with Gasteiger partial charge in [-0.15, -0.1) is 11.8 Å². The third-order valence-electron chi connectivity index (χ3n) is 6.34. The lowest BCUT2D eigenvalue weighted by atomic mass is 10.1. The van der Waals surface area contributed by atoms with Crippen LogP contribution in [0.1, 0.15) is 5.82 Å². The van der Waals surface area contributed by atoms with Gasteiger partial charge in [-0.05, 0) is 30.5 Å². The Morgan fingerprint density at radius 1 is 1.10 bits per heavy atom. The summed E-state index contributed by atoms with van der Waals surface area (Å²) in [5.74, 6) is 2.37. The third-order valence-corrected chi connectivity index (χ3v) is 7.22. The largest absolute Gasteiger partial charge is 0.481 e. The number of aromatic nitrogens is 7. The minimum atomic E-state index is -0.246. The molecule has 6 aromatic rings. The molecule has 0 fully saturated rings. The van der Waals surface area contributed by atoms with Crippen LogP contribution in [-0.2, 0) is 6.54 Å². The summed E-state index contributed by atoms with van der Waals surface area (Å²) in [6.45, 7) is 0.300. The summed E-state index contributed by atoms with van der Waals surface area (Å²) >= 11 is 8.01. The molecule has 0 aliphatic heterocycles. The van der Waals surface area contributed by atoms with Gasteiger partial charge in [-0.3, -0.25) is 9.36 Å². The monoisotopic (exact) mass is 558 g/mol. The van der Waals surface area contributed by atoms with Crippen LogP contribution >= 0.6 is 23.4 Å². The highest BCUT2D eigenvalue weighted by atomic mass is 35.5. The van der Waals surface area contributed by atoms with Crippen molar-refractivity contribution in [2.24, 2.45) is 0 Å². The first-order valence-electron chi connectivity index (χ1n) is 12.0. The molecular formula is C27H23ClN8O2S. The van der Waals surface area contributed by atoms with Crippen molar-refractivity contribution in [3.05, 3.63) is 94.6 Å². The van der Waals surface area contributed by atoms with Crippen LogP contribution in [0.3, 0.4) is 0 Å². The number of ether oxygens (including phenoxy) is 1. The Morgan fingerprint density at radius 2 is 1.95 bits per heavy atom. The van der Waals surface area contributed by atoms with Crippen LogP contribution in [0.15, 0.2) is 78.2 Å². The number of nitrogens with zero attached hydrogens (tertiary/aromatic N) is 7. The molecule has 6 rings (SSSR count). The van der Waals surface area contributed by atoms with Crippen LogP contribution in [0.25, 0.3) is 33.4 Å². The Morgan fingerprint density at radius 3 is 2.69 bits per heavy atom. The van der Waals surface area contributed by atoms with E-state index in [1.54, 1.807) is 41.9 Å². The van der Waals surface area contributed by atoms with E-state index in [-0.39, 0.29) is 5.56 Å². The van der Waals surface area contributed by atoms with E-state index < -0.39 is 0 Å². The van der Waals surface area contributed by atoms with Crippen molar-refractivity contribution in [3.8, 4) is 22.7 Å². The fraction of sp³-hybridized carbons (Fsp3) is 0.148. The summed E-state index contributed by atoms with van der Waals surface area (Å²) < 4.78 is 8.37. The maximum atomic E-state index is 13.7. The lowest BCUT2D eigenvalue weighted by Gasteiger charge is -2.25. The maximum Gasteiger partial charge on any atom is 0.284 e. The highest BCUT2D eigenvalue weighted by Crippen LogP contribution is 2.35. The number of H-pyrrole nitrogens is 1. The molecule has 1 aromatic carbocycles. The van der Waals surface area contributed by atoms with Gasteiger partial charge in [0.25, 0.3) is 5.56 Å². The summed E-state index contributed by atoms with van der Waals surface area (Å²) in [4.78, 5) is 32.6. The Kier molecular flexibility index (Phi) is 6.67. The van der Waals surface area contributed by atoms with Gasteiger partial charge in [0.15, 0.2) is 5.82 Å². The zero-order valence-corrected chi connectivity index (χ0v) is 22.6. The summed E-state index contributed by atoms with van der Waals surface area (Å²) in [5.41, 5.74) is 3.27. The first kappa shape index (κ1) is 25.0. The number of halogens is 1. The van der Waals surface area contributed by atoms with Crippen LogP contribution in [0.5, 0.6) is 5.88 Å². The molecule has 39 heavy (non-hydrogen) atoms. The highest BCUT2D eigenvalue weighted by molar-refractivity contribution is 7.98. The van der Waals surface area contributed by atoms with Gasteiger partial charge < -0.3 is 14.6 Å². The number of fused-ring (bicyclic) bond motifs is 2. The fourth-order valence-electron chi connectivity index (χ4n) is 4.60. The SMILES string of the molecule is COc1ccc(-c2c[nH]c3ncnc(N(CSC)Cc4nn5ccc(Cl)c5c(=O)n4-c4ccccc4)c23)cn1. The summed E-state index contributed by atoms with van der Waals surface area (Å²) in [5, 5.41) is 6.02. The van der Waals surface area contributed by atoms with Gasteiger partial charge in [0.2, 0.25) is 5.88 Å². The molecule has 0 atom stereocenters. The van der Waals surface area contributed by atoms with Crippen molar-refractivity contribution in [1.29, 1.82) is 0 Å². The number of thioether (sulfide) groups is 1. The molecule has 5 aromatic heterocycles. The number of nitrogens with one attached hydrogen (secondary N) is 1. The first-order chi connectivity index (χ1) is 19.1. The van der Waals surface area contributed by atoms with Gasteiger partial charge in [0.1, 0.15) is 23.3 Å². The number of hydrogen-bond acceptors (Lipinski definition) is 8. The quantitative estimate of drug-likeness (QED) is 0.265. The second-order valence-electron chi connectivity index (χ2n) is 8.68. The van der Waals surface area contributed by atoms with Gasteiger partial charge in [-0.2, -0.15) is 5.10 Å². The molecule has 12 heteroatoms. The Balaban J connectivity index is 1.52. The van der Waals surface area contributed by atoms with Crippen LogP contribution in [-0.4, -0.2) is 53.4 Å². The number of anilines is 1. The third kappa shape index (κ3) is 4.49. The summed E-state index contributed by atoms with van der Waals surface area (Å²) in [7, 11) is 1.59. The number of pyridine rings is 1. The topological polar surface area (TPSA) is 106 Å². The predicted molar refractivity (Wildman–Crippen MR) is 154 cm³/mol. The number of methoxy groups -OCH3 is 1. The average molecular weight is 559 g/mol. The predicted octanol–water partition coefficient (Wildman–Crippen LogP) is 4.81. The van der Waals surface area contributed by atoms with E-state index in [2.05, 4.69) is 19.9 Å². The van der Waals surface area contributed by atoms with Gasteiger partial charge in [-0.1, -0.05) is 29.8 Å². The maximum absolute atomic E-state index is 13.7. The van der Waals surface area contributed by atoms with E-state index >= 15 is 0 Å². The Labute approximate surface area is 232 Å². The molecule has 5 heterocycles. The Hall–Kier alpha value is -4.35. The second kappa shape index (κ2) is 10.4. The molecular weight excluding hydrogens is 536 g/mol. The Bertz CT molecular complexity index is 1830. The number of para-hydroxylation sites is 1. The average Bonchev–Trinajstić information content (AvgIpc) is 3.57. The molecule has 0 saturated carbocycles. The summed E-state index contributed by atoms with van der Waals surface area (Å²) in [6.07, 6.45) is 8.90. The smallest absolute Gasteiger partial charge is 0.284 e. The van der Waals surface area contributed by atoms with Gasteiger partial charge in [0.05, 0.1) is 35.6 Å². The van der Waals surface area contributed by atoms with Crippen LogP contribution < -0.4 is 15.2 Å². The molecule has 0 aliphatic carbocycles. The summed E-state index contributed by atoms with van der Waals surface area (Å²) in [6, 6.07) is 14.9. The van der Waals surface area contributed by atoms with E-state index in [4.69, 9.17) is 26.4 Å². The molecule has 0 bridgehead atoms. The van der Waals surface area contributed by atoms with Gasteiger partial charge in [-0.25, -0.2) is 19.5 Å². The minimum absolute atomic E-state index is 0.246. The molecule has 1 N–H and O–H groups in total. The molecule has 0 aliphatic rings. The number of aromatic amines is 1. The molecule has 0 amide bonds. The van der Waals surface area contributed by atoms with E-state index in [0.717, 1.165) is 16.5 Å². The van der Waals surface area contributed by atoms with E-state index in [0.29, 0.717) is 51.8 Å². The van der Waals surface area contributed by atoms with Crippen molar-refractivity contribution >= 4 is 45.7 Å². The highest BCUT2D eigenvalue weighted by Gasteiger charge is 2.22. The molecule has 196 valence electrons. The first-order valence-corrected chi connectivity index (χ1v) is 13.8. The number of benzene rings is 1. The van der Waals surface area contributed by atoms with E-state index in [9.17, 15) is 4.79 Å². The van der Waals surface area contributed by atoms with Crippen molar-refractivity contribution < 1.29 is 4.74 Å². The number of hydrogen-bond donors (Lipinski definition) is 1. The van der Waals surface area contributed by atoms with E-state index in [1.165, 1.54) is 10.8 Å². The molecule has 0 radical (unpaired) electrons. The molecule has 10 nitrogen and oxygen atoms in total. The van der Waals surface area contributed by atoms with Gasteiger partial charge >= 0.3 is 0 Å². The normalized spacial score (nSPS) is 11.4. The zero-order chi connectivity index (χ0) is 26.9. The van der Waals surface area contributed by atoms with Gasteiger partial charge in [0, 0.05) is 35.8 Å². The van der Waals surface area contributed by atoms with Crippen LogP contribution in [0.2, 0.25) is 5.02 Å². The molecule has 0 unspecified atom stereocenters. The fourth-order valence-corrected chi connectivity index (χ4v) is 5.35. The molecule has 0 spiro atoms. The number of rotatable bonds is 8.